The van der Waals surface area contributed by atoms with Gasteiger partial charge in [0.1, 0.15) is 10.5 Å². The molecule has 9 heteroatoms. The number of methoxy groups -OCH3 is 1. The summed E-state index contributed by atoms with van der Waals surface area (Å²) in [4.78, 5) is 29.4. The summed E-state index contributed by atoms with van der Waals surface area (Å²) >= 11 is 2.53. The quantitative estimate of drug-likeness (QED) is 0.353. The van der Waals surface area contributed by atoms with Gasteiger partial charge in [0.05, 0.1) is 24.4 Å². The van der Waals surface area contributed by atoms with E-state index in [-0.39, 0.29) is 29.6 Å². The van der Waals surface area contributed by atoms with E-state index in [4.69, 9.17) is 4.74 Å². The lowest BCUT2D eigenvalue weighted by Gasteiger charge is -2.12. The van der Waals surface area contributed by atoms with Crippen molar-refractivity contribution < 1.29 is 13.9 Å². The van der Waals surface area contributed by atoms with Crippen LogP contribution in [0.1, 0.15) is 5.56 Å². The van der Waals surface area contributed by atoms with Crippen LogP contribution in [0.25, 0.3) is 10.2 Å². The standard InChI is InChI=1S/C18H18FN3O3S2/c1-25-8-7-20-15(23)11-27-18-21-14-6-9-26-16(14)17(24)22(18)10-12-2-4-13(19)5-3-12/h2-6,9H,7-8,10-11H2,1H3,(H,20,23). The van der Waals surface area contributed by atoms with Crippen LogP contribution in [0, 0.1) is 5.82 Å². The molecule has 0 aliphatic carbocycles. The Balaban J connectivity index is 1.85. The van der Waals surface area contributed by atoms with E-state index in [0.717, 1.165) is 5.56 Å². The molecular weight excluding hydrogens is 389 g/mol. The van der Waals surface area contributed by atoms with Crippen LogP contribution in [-0.4, -0.2) is 41.5 Å². The molecule has 3 rings (SSSR count). The fourth-order valence-corrected chi connectivity index (χ4v) is 4.03. The van der Waals surface area contributed by atoms with E-state index < -0.39 is 0 Å². The molecule has 3 aromatic rings. The molecule has 0 atom stereocenters. The topological polar surface area (TPSA) is 73.2 Å². The van der Waals surface area contributed by atoms with Crippen molar-refractivity contribution in [3.63, 3.8) is 0 Å². The van der Waals surface area contributed by atoms with Crippen molar-refractivity contribution in [1.29, 1.82) is 0 Å². The molecule has 0 aliphatic heterocycles. The number of carbonyl (C=O) groups excluding carboxylic acids is 1. The smallest absolute Gasteiger partial charge is 0.272 e. The molecule has 1 aromatic carbocycles. The molecular formula is C18H18FN3O3S2. The minimum atomic E-state index is -0.333. The molecule has 6 nitrogen and oxygen atoms in total. The molecule has 1 N–H and O–H groups in total. The van der Waals surface area contributed by atoms with Crippen LogP contribution >= 0.6 is 23.1 Å². The number of hydrogen-bond donors (Lipinski definition) is 1. The maximum absolute atomic E-state index is 13.2. The van der Waals surface area contributed by atoms with E-state index in [1.165, 1.54) is 39.8 Å². The second kappa shape index (κ2) is 9.12. The number of thioether (sulfide) groups is 1. The fraction of sp³-hybridized carbons (Fsp3) is 0.278. The molecule has 0 unspecified atom stereocenters. The number of fused-ring (bicyclic) bond motifs is 1. The zero-order valence-electron chi connectivity index (χ0n) is 14.6. The van der Waals surface area contributed by atoms with Crippen LogP contribution in [0.15, 0.2) is 45.7 Å². The summed E-state index contributed by atoms with van der Waals surface area (Å²) < 4.78 is 20.1. The van der Waals surface area contributed by atoms with Gasteiger partial charge in [-0.2, -0.15) is 0 Å². The van der Waals surface area contributed by atoms with Crippen LogP contribution in [0.2, 0.25) is 0 Å². The van der Waals surface area contributed by atoms with Crippen molar-refractivity contribution in [2.45, 2.75) is 11.7 Å². The fourth-order valence-electron chi connectivity index (χ4n) is 2.42. The molecule has 0 bridgehead atoms. The highest BCUT2D eigenvalue weighted by Crippen LogP contribution is 2.21. The summed E-state index contributed by atoms with van der Waals surface area (Å²) in [5.74, 6) is -0.361. The molecule has 0 radical (unpaired) electrons. The maximum atomic E-state index is 13.2. The summed E-state index contributed by atoms with van der Waals surface area (Å²) in [5, 5.41) is 5.00. The lowest BCUT2D eigenvalue weighted by Crippen LogP contribution is -2.29. The Morgan fingerprint density at radius 1 is 1.33 bits per heavy atom. The molecule has 0 spiro atoms. The molecule has 2 aromatic heterocycles. The van der Waals surface area contributed by atoms with E-state index in [1.807, 2.05) is 5.38 Å². The van der Waals surface area contributed by atoms with Crippen LogP contribution in [0.5, 0.6) is 0 Å². The minimum absolute atomic E-state index is 0.134. The van der Waals surface area contributed by atoms with E-state index in [1.54, 1.807) is 25.3 Å². The predicted octanol–water partition coefficient (Wildman–Crippen LogP) is 2.50. The van der Waals surface area contributed by atoms with E-state index >= 15 is 0 Å². The minimum Gasteiger partial charge on any atom is -0.383 e. The molecule has 142 valence electrons. The van der Waals surface area contributed by atoms with Gasteiger partial charge in [0, 0.05) is 13.7 Å². The van der Waals surface area contributed by atoms with Gasteiger partial charge in [-0.25, -0.2) is 9.37 Å². The Bertz CT molecular complexity index is 986. The number of hydrogen-bond acceptors (Lipinski definition) is 6. The van der Waals surface area contributed by atoms with Gasteiger partial charge in [-0.1, -0.05) is 23.9 Å². The number of aromatic nitrogens is 2. The Kier molecular flexibility index (Phi) is 6.59. The second-order valence-electron chi connectivity index (χ2n) is 5.68. The molecule has 1 amide bonds. The molecule has 0 saturated carbocycles. The second-order valence-corrected chi connectivity index (χ2v) is 7.54. The average molecular weight is 407 g/mol. The highest BCUT2D eigenvalue weighted by molar-refractivity contribution is 7.99. The van der Waals surface area contributed by atoms with Gasteiger partial charge >= 0.3 is 0 Å². The lowest BCUT2D eigenvalue weighted by atomic mass is 10.2. The van der Waals surface area contributed by atoms with Gasteiger partial charge in [0.2, 0.25) is 5.91 Å². The van der Waals surface area contributed by atoms with Crippen molar-refractivity contribution in [3.8, 4) is 0 Å². The van der Waals surface area contributed by atoms with Crippen molar-refractivity contribution >= 4 is 39.2 Å². The Morgan fingerprint density at radius 3 is 2.85 bits per heavy atom. The van der Waals surface area contributed by atoms with Crippen molar-refractivity contribution in [2.75, 3.05) is 26.0 Å². The third kappa shape index (κ3) is 4.94. The molecule has 0 fully saturated rings. The number of rotatable bonds is 8. The number of benzene rings is 1. The van der Waals surface area contributed by atoms with Crippen LogP contribution < -0.4 is 10.9 Å². The molecule has 27 heavy (non-hydrogen) atoms. The number of carbonyl (C=O) groups is 1. The van der Waals surface area contributed by atoms with Crippen LogP contribution in [0.3, 0.4) is 0 Å². The highest BCUT2D eigenvalue weighted by atomic mass is 32.2. The number of ether oxygens (including phenoxy) is 1. The van der Waals surface area contributed by atoms with Crippen molar-refractivity contribution in [1.82, 2.24) is 14.9 Å². The van der Waals surface area contributed by atoms with Crippen LogP contribution in [0.4, 0.5) is 4.39 Å². The first kappa shape index (κ1) is 19.5. The monoisotopic (exact) mass is 407 g/mol. The number of halogens is 1. The van der Waals surface area contributed by atoms with Gasteiger partial charge in [-0.15, -0.1) is 11.3 Å². The van der Waals surface area contributed by atoms with Gasteiger partial charge < -0.3 is 10.1 Å². The van der Waals surface area contributed by atoms with Crippen molar-refractivity contribution in [2.24, 2.45) is 0 Å². The Morgan fingerprint density at radius 2 is 2.11 bits per heavy atom. The number of nitrogens with one attached hydrogen (secondary N) is 1. The summed E-state index contributed by atoms with van der Waals surface area (Å²) in [6.07, 6.45) is 0. The van der Waals surface area contributed by atoms with Gasteiger partial charge in [-0.3, -0.25) is 14.2 Å². The highest BCUT2D eigenvalue weighted by Gasteiger charge is 2.14. The van der Waals surface area contributed by atoms with Gasteiger partial charge in [0.25, 0.3) is 5.56 Å². The third-order valence-corrected chi connectivity index (χ3v) is 5.61. The molecule has 0 saturated heterocycles. The normalized spacial score (nSPS) is 11.0. The first-order chi connectivity index (χ1) is 13.1. The lowest BCUT2D eigenvalue weighted by molar-refractivity contribution is -0.118. The Hall–Kier alpha value is -2.23. The number of amides is 1. The summed E-state index contributed by atoms with van der Waals surface area (Å²) in [7, 11) is 1.56. The summed E-state index contributed by atoms with van der Waals surface area (Å²) in [6, 6.07) is 7.76. The van der Waals surface area contributed by atoms with E-state index in [9.17, 15) is 14.0 Å². The number of thiophene rings is 1. The van der Waals surface area contributed by atoms with Crippen molar-refractivity contribution in [3.05, 3.63) is 57.4 Å². The predicted molar refractivity (Wildman–Crippen MR) is 105 cm³/mol. The number of nitrogens with zero attached hydrogens (tertiary/aromatic N) is 2. The molecule has 2 heterocycles. The molecule has 0 aliphatic rings. The zero-order chi connectivity index (χ0) is 19.2. The maximum Gasteiger partial charge on any atom is 0.272 e. The first-order valence-corrected chi connectivity index (χ1v) is 10.1. The first-order valence-electron chi connectivity index (χ1n) is 8.19. The summed E-state index contributed by atoms with van der Waals surface area (Å²) in [5.41, 5.74) is 1.23. The third-order valence-electron chi connectivity index (χ3n) is 3.75. The zero-order valence-corrected chi connectivity index (χ0v) is 16.2. The average Bonchev–Trinajstić information content (AvgIpc) is 3.13. The van der Waals surface area contributed by atoms with E-state index in [0.29, 0.717) is 28.5 Å². The van der Waals surface area contributed by atoms with Gasteiger partial charge in [-0.05, 0) is 29.1 Å². The summed E-state index contributed by atoms with van der Waals surface area (Å²) in [6.45, 7) is 1.12. The SMILES string of the molecule is COCCNC(=O)CSc1nc2ccsc2c(=O)n1Cc1ccc(F)cc1. The largest absolute Gasteiger partial charge is 0.383 e. The Labute approximate surface area is 163 Å². The van der Waals surface area contributed by atoms with Gasteiger partial charge in [0.15, 0.2) is 5.16 Å². The van der Waals surface area contributed by atoms with E-state index in [2.05, 4.69) is 10.3 Å². The van der Waals surface area contributed by atoms with Crippen LogP contribution in [-0.2, 0) is 16.1 Å².